The van der Waals surface area contributed by atoms with Crippen LogP contribution in [0.3, 0.4) is 0 Å². The van der Waals surface area contributed by atoms with E-state index >= 15 is 0 Å². The molecule has 4 heteroatoms. The Balaban J connectivity index is 2.30. The molecule has 22 heavy (non-hydrogen) atoms. The van der Waals surface area contributed by atoms with E-state index in [-0.39, 0.29) is 0 Å². The van der Waals surface area contributed by atoms with Crippen LogP contribution in [-0.4, -0.2) is 14.1 Å². The highest BCUT2D eigenvalue weighted by atomic mass is 15.1. The lowest BCUT2D eigenvalue weighted by Crippen LogP contribution is -1.84. The Kier molecular flexibility index (Phi) is 2.82. The summed E-state index contributed by atoms with van der Waals surface area (Å²) in [4.78, 5) is 0. The van der Waals surface area contributed by atoms with Gasteiger partial charge < -0.3 is 0 Å². The van der Waals surface area contributed by atoms with Crippen molar-refractivity contribution < 1.29 is 0 Å². The molecule has 0 N–H and O–H groups in total. The molecule has 0 aliphatic rings. The fourth-order valence-electron chi connectivity index (χ4n) is 3.17. The molecule has 0 saturated carbocycles. The molecule has 4 rings (SSSR count). The van der Waals surface area contributed by atoms with E-state index in [2.05, 4.69) is 62.9 Å². The predicted octanol–water partition coefficient (Wildman–Crippen LogP) is 6.01. The minimum absolute atomic E-state index is 0.749. The van der Waals surface area contributed by atoms with Gasteiger partial charge in [0.25, 0.3) is 0 Å². The van der Waals surface area contributed by atoms with E-state index in [1.807, 2.05) is 6.07 Å². The third-order valence-electron chi connectivity index (χ3n) is 4.01. The molecular weight excluding hydrogens is 272 g/mol. The number of nitrogens with zero attached hydrogens (tertiary/aromatic N) is 4. The van der Waals surface area contributed by atoms with Crippen LogP contribution in [0.5, 0.6) is 0 Å². The molecule has 0 aliphatic carbocycles. The molecular formula is C18H14N4. The molecule has 4 nitrogen and oxygen atoms in total. The summed E-state index contributed by atoms with van der Waals surface area (Å²) in [6.07, 6.45) is 0. The van der Waals surface area contributed by atoms with E-state index in [4.69, 9.17) is 0 Å². The lowest BCUT2D eigenvalue weighted by Gasteiger charge is -2.13. The van der Waals surface area contributed by atoms with Gasteiger partial charge in [0.2, 0.25) is 0 Å². The molecule has 0 radical (unpaired) electrons. The van der Waals surface area contributed by atoms with Gasteiger partial charge in [0.1, 0.15) is 11.4 Å². The molecule has 0 bridgehead atoms. The zero-order chi connectivity index (χ0) is 15.1. The number of hydrogen-bond donors (Lipinski definition) is 0. The second-order valence-corrected chi connectivity index (χ2v) is 5.20. The minimum Gasteiger partial charge on any atom is -0.192 e. The van der Waals surface area contributed by atoms with Gasteiger partial charge in [-0.2, -0.15) is 20.5 Å². The zero-order valence-electron chi connectivity index (χ0n) is 12.4. The minimum atomic E-state index is 0.749. The summed E-state index contributed by atoms with van der Waals surface area (Å²) in [5, 5.41) is 23.6. The summed E-state index contributed by atoms with van der Waals surface area (Å²) < 4.78 is 0. The van der Waals surface area contributed by atoms with Gasteiger partial charge in [-0.25, -0.2) is 0 Å². The first-order chi connectivity index (χ1) is 10.8. The maximum absolute atomic E-state index is 4.30. The van der Waals surface area contributed by atoms with Crippen LogP contribution in [0.2, 0.25) is 0 Å². The highest BCUT2D eigenvalue weighted by Crippen LogP contribution is 2.44. The normalized spacial score (nSPS) is 12.6. The maximum atomic E-state index is 4.30. The number of benzene rings is 4. The third-order valence-corrected chi connectivity index (χ3v) is 4.01. The topological polar surface area (TPSA) is 49.4 Å². The molecule has 106 valence electrons. The van der Waals surface area contributed by atoms with Crippen LogP contribution in [0.4, 0.5) is 11.4 Å². The van der Waals surface area contributed by atoms with E-state index < -0.39 is 0 Å². The van der Waals surface area contributed by atoms with E-state index in [1.165, 1.54) is 21.5 Å². The van der Waals surface area contributed by atoms with Crippen molar-refractivity contribution in [3.63, 3.8) is 0 Å². The van der Waals surface area contributed by atoms with E-state index in [0.29, 0.717) is 0 Å². The molecule has 0 heterocycles. The van der Waals surface area contributed by atoms with Gasteiger partial charge in [-0.05, 0) is 33.0 Å². The van der Waals surface area contributed by atoms with Crippen LogP contribution in [0.15, 0.2) is 69.0 Å². The monoisotopic (exact) mass is 286 g/mol. The molecule has 0 saturated heterocycles. The van der Waals surface area contributed by atoms with E-state index in [1.54, 1.807) is 14.1 Å². The van der Waals surface area contributed by atoms with Crippen molar-refractivity contribution >= 4 is 43.7 Å². The number of azo groups is 2. The summed E-state index contributed by atoms with van der Waals surface area (Å²) >= 11 is 0. The molecule has 0 unspecified atom stereocenters. The smallest absolute Gasteiger partial charge is 0.121 e. The maximum Gasteiger partial charge on any atom is 0.121 e. The summed E-state index contributed by atoms with van der Waals surface area (Å²) in [7, 11) is 3.34. The second kappa shape index (κ2) is 4.84. The molecule has 0 aliphatic heterocycles. The Morgan fingerprint density at radius 2 is 1.36 bits per heavy atom. The Morgan fingerprint density at radius 1 is 0.682 bits per heavy atom. The second-order valence-electron chi connectivity index (χ2n) is 5.20. The van der Waals surface area contributed by atoms with Crippen molar-refractivity contribution in [3.05, 3.63) is 48.5 Å². The van der Waals surface area contributed by atoms with Crippen molar-refractivity contribution in [2.45, 2.75) is 0 Å². The van der Waals surface area contributed by atoms with Crippen molar-refractivity contribution in [1.29, 1.82) is 0 Å². The van der Waals surface area contributed by atoms with Crippen molar-refractivity contribution in [2.75, 3.05) is 14.1 Å². The molecule has 0 atom stereocenters. The summed E-state index contributed by atoms with van der Waals surface area (Å²) in [6.45, 7) is 0. The highest BCUT2D eigenvalue weighted by molar-refractivity contribution is 6.26. The largest absolute Gasteiger partial charge is 0.192 e. The van der Waals surface area contributed by atoms with Crippen molar-refractivity contribution in [2.24, 2.45) is 20.5 Å². The first kappa shape index (κ1) is 12.8. The standard InChI is InChI=1S/C18H14N4/c1-19-21-15-10-13-7-6-11-4-3-5-12-8-9-14(17(13)16(11)12)18(15)22-20-2/h3-10H,1-2H3. The van der Waals surface area contributed by atoms with Crippen LogP contribution >= 0.6 is 0 Å². The average Bonchev–Trinajstić information content (AvgIpc) is 2.55. The van der Waals surface area contributed by atoms with Crippen LogP contribution in [-0.2, 0) is 0 Å². The van der Waals surface area contributed by atoms with E-state index in [9.17, 15) is 0 Å². The molecule has 4 aromatic carbocycles. The van der Waals surface area contributed by atoms with Crippen LogP contribution in [0.1, 0.15) is 0 Å². The van der Waals surface area contributed by atoms with Gasteiger partial charge in [0.15, 0.2) is 0 Å². The lowest BCUT2D eigenvalue weighted by atomic mass is 9.93. The molecule has 0 amide bonds. The zero-order valence-corrected chi connectivity index (χ0v) is 12.4. The quantitative estimate of drug-likeness (QED) is 0.320. The van der Waals surface area contributed by atoms with Crippen molar-refractivity contribution in [3.8, 4) is 0 Å². The molecule has 0 fully saturated rings. The van der Waals surface area contributed by atoms with Gasteiger partial charge >= 0.3 is 0 Å². The average molecular weight is 286 g/mol. The van der Waals surface area contributed by atoms with Crippen LogP contribution in [0.25, 0.3) is 32.3 Å². The fourth-order valence-corrected chi connectivity index (χ4v) is 3.17. The molecule has 0 aromatic heterocycles. The first-order valence-corrected chi connectivity index (χ1v) is 7.13. The SMILES string of the molecule is CN=Nc1cc2ccc3cccc4ccc(c1N=NC)c2c34. The lowest BCUT2D eigenvalue weighted by molar-refractivity contribution is 1.14. The van der Waals surface area contributed by atoms with Gasteiger partial charge in [0.05, 0.1) is 0 Å². The Labute approximate surface area is 127 Å². The predicted molar refractivity (Wildman–Crippen MR) is 91.0 cm³/mol. The third kappa shape index (κ3) is 1.70. The van der Waals surface area contributed by atoms with Crippen LogP contribution < -0.4 is 0 Å². The van der Waals surface area contributed by atoms with Gasteiger partial charge in [-0.15, -0.1) is 0 Å². The number of hydrogen-bond acceptors (Lipinski definition) is 4. The Hall–Kier alpha value is -2.88. The molecule has 4 aromatic rings. The van der Waals surface area contributed by atoms with Gasteiger partial charge in [-0.1, -0.05) is 42.5 Å². The van der Waals surface area contributed by atoms with Gasteiger partial charge in [0, 0.05) is 19.5 Å². The van der Waals surface area contributed by atoms with Gasteiger partial charge in [-0.3, -0.25) is 0 Å². The summed E-state index contributed by atoms with van der Waals surface area (Å²) in [5.41, 5.74) is 1.53. The van der Waals surface area contributed by atoms with E-state index in [0.717, 1.165) is 22.1 Å². The van der Waals surface area contributed by atoms with Crippen molar-refractivity contribution in [1.82, 2.24) is 0 Å². The van der Waals surface area contributed by atoms with Crippen LogP contribution in [0, 0.1) is 0 Å². The number of rotatable bonds is 2. The Bertz CT molecular complexity index is 1030. The molecule has 0 spiro atoms. The summed E-state index contributed by atoms with van der Waals surface area (Å²) in [6, 6.07) is 16.9. The Morgan fingerprint density at radius 3 is 2.09 bits per heavy atom. The first-order valence-electron chi connectivity index (χ1n) is 7.13. The highest BCUT2D eigenvalue weighted by Gasteiger charge is 2.14. The summed E-state index contributed by atoms with van der Waals surface area (Å²) in [5.74, 6) is 0. The fraction of sp³-hybridized carbons (Fsp3) is 0.111.